The normalized spacial score (nSPS) is 9.85. The van der Waals surface area contributed by atoms with E-state index in [1.807, 2.05) is 14.1 Å². The summed E-state index contributed by atoms with van der Waals surface area (Å²) >= 11 is 11.6. The van der Waals surface area contributed by atoms with Crippen molar-refractivity contribution in [3.63, 3.8) is 0 Å². The maximum absolute atomic E-state index is 10.7. The molecule has 2 nitrogen and oxygen atoms in total. The highest BCUT2D eigenvalue weighted by atomic mass is 35.5. The monoisotopic (exact) mass is 217 g/mol. The average molecular weight is 218 g/mol. The predicted octanol–water partition coefficient (Wildman–Crippen LogP) is 2.87. The van der Waals surface area contributed by atoms with Crippen molar-refractivity contribution in [3.05, 3.63) is 27.7 Å². The maximum atomic E-state index is 10.7. The summed E-state index contributed by atoms with van der Waals surface area (Å²) in [5.41, 5.74) is 1.20. The van der Waals surface area contributed by atoms with Crippen molar-refractivity contribution in [1.82, 2.24) is 0 Å². The van der Waals surface area contributed by atoms with E-state index in [1.54, 1.807) is 17.0 Å². The van der Waals surface area contributed by atoms with Crippen LogP contribution in [0.5, 0.6) is 0 Å². The molecule has 0 aliphatic carbocycles. The molecule has 0 spiro atoms. The second kappa shape index (κ2) is 3.99. The Balaban J connectivity index is 3.38. The minimum absolute atomic E-state index is 0.381. The van der Waals surface area contributed by atoms with Gasteiger partial charge in [0.25, 0.3) is 0 Å². The SMILES string of the molecule is CN(C)c1cc(Cl)cc(Cl)c1C=O. The van der Waals surface area contributed by atoms with E-state index in [1.165, 1.54) is 0 Å². The van der Waals surface area contributed by atoms with E-state index in [9.17, 15) is 4.79 Å². The second-order valence-electron chi connectivity index (χ2n) is 2.83. The summed E-state index contributed by atoms with van der Waals surface area (Å²) in [7, 11) is 3.66. The van der Waals surface area contributed by atoms with Gasteiger partial charge in [0.1, 0.15) is 0 Å². The van der Waals surface area contributed by atoms with Crippen LogP contribution >= 0.6 is 23.2 Å². The largest absolute Gasteiger partial charge is 0.377 e. The second-order valence-corrected chi connectivity index (χ2v) is 3.68. The van der Waals surface area contributed by atoms with Crippen LogP contribution in [0.25, 0.3) is 0 Å². The topological polar surface area (TPSA) is 20.3 Å². The molecule has 0 atom stereocenters. The van der Waals surface area contributed by atoms with Crippen LogP contribution in [0.3, 0.4) is 0 Å². The number of aldehydes is 1. The third-order valence-corrected chi connectivity index (χ3v) is 2.20. The fourth-order valence-electron chi connectivity index (χ4n) is 1.06. The quantitative estimate of drug-likeness (QED) is 0.711. The van der Waals surface area contributed by atoms with Crippen molar-refractivity contribution in [2.75, 3.05) is 19.0 Å². The van der Waals surface area contributed by atoms with Gasteiger partial charge in [0.15, 0.2) is 6.29 Å². The Morgan fingerprint density at radius 1 is 1.31 bits per heavy atom. The number of rotatable bonds is 2. The number of carbonyl (C=O) groups is 1. The Kier molecular flexibility index (Phi) is 3.17. The minimum Gasteiger partial charge on any atom is -0.377 e. The maximum Gasteiger partial charge on any atom is 0.153 e. The molecule has 0 radical (unpaired) electrons. The lowest BCUT2D eigenvalue weighted by molar-refractivity contribution is 0.112. The molecule has 0 heterocycles. The molecule has 0 bridgehead atoms. The summed E-state index contributed by atoms with van der Waals surface area (Å²) in [4.78, 5) is 12.5. The van der Waals surface area contributed by atoms with Gasteiger partial charge in [-0.25, -0.2) is 0 Å². The van der Waals surface area contributed by atoms with E-state index in [4.69, 9.17) is 23.2 Å². The molecule has 0 saturated heterocycles. The first-order valence-electron chi connectivity index (χ1n) is 3.68. The van der Waals surface area contributed by atoms with Crippen LogP contribution in [-0.2, 0) is 0 Å². The molecule has 70 valence electrons. The van der Waals surface area contributed by atoms with E-state index in [2.05, 4.69) is 0 Å². The van der Waals surface area contributed by atoms with Crippen molar-refractivity contribution in [3.8, 4) is 0 Å². The molecular weight excluding hydrogens is 209 g/mol. The molecule has 1 rings (SSSR count). The fraction of sp³-hybridized carbons (Fsp3) is 0.222. The van der Waals surface area contributed by atoms with Crippen molar-refractivity contribution in [2.24, 2.45) is 0 Å². The molecule has 0 fully saturated rings. The number of hydrogen-bond acceptors (Lipinski definition) is 2. The highest BCUT2D eigenvalue weighted by Gasteiger charge is 2.09. The molecule has 13 heavy (non-hydrogen) atoms. The zero-order valence-corrected chi connectivity index (χ0v) is 8.86. The number of anilines is 1. The molecule has 0 unspecified atom stereocenters. The van der Waals surface area contributed by atoms with E-state index >= 15 is 0 Å². The first-order chi connectivity index (χ1) is 6.06. The fourth-order valence-corrected chi connectivity index (χ4v) is 1.59. The standard InChI is InChI=1S/C9H9Cl2NO/c1-12(2)9-4-6(10)3-8(11)7(9)5-13/h3-5H,1-2H3. The zero-order valence-electron chi connectivity index (χ0n) is 7.34. The van der Waals surface area contributed by atoms with Crippen LogP contribution in [0.15, 0.2) is 12.1 Å². The van der Waals surface area contributed by atoms with Gasteiger partial charge in [-0.3, -0.25) is 4.79 Å². The van der Waals surface area contributed by atoms with Gasteiger partial charge in [-0.1, -0.05) is 23.2 Å². The molecular formula is C9H9Cl2NO. The van der Waals surface area contributed by atoms with Crippen LogP contribution < -0.4 is 4.90 Å². The number of nitrogens with zero attached hydrogens (tertiary/aromatic N) is 1. The summed E-state index contributed by atoms with van der Waals surface area (Å²) in [6, 6.07) is 3.26. The smallest absolute Gasteiger partial charge is 0.153 e. The average Bonchev–Trinajstić information content (AvgIpc) is 2.02. The van der Waals surface area contributed by atoms with E-state index < -0.39 is 0 Å². The number of hydrogen-bond donors (Lipinski definition) is 0. The van der Waals surface area contributed by atoms with Crippen LogP contribution in [0, 0.1) is 0 Å². The zero-order chi connectivity index (χ0) is 10.0. The highest BCUT2D eigenvalue weighted by molar-refractivity contribution is 6.37. The van der Waals surface area contributed by atoms with Gasteiger partial charge >= 0.3 is 0 Å². The summed E-state index contributed by atoms with van der Waals surface area (Å²) in [6.07, 6.45) is 0.730. The van der Waals surface area contributed by atoms with Crippen molar-refractivity contribution < 1.29 is 4.79 Å². The Morgan fingerprint density at radius 3 is 2.38 bits per heavy atom. The molecule has 0 N–H and O–H groups in total. The van der Waals surface area contributed by atoms with Crippen molar-refractivity contribution in [1.29, 1.82) is 0 Å². The van der Waals surface area contributed by atoms with Crippen LogP contribution in [-0.4, -0.2) is 20.4 Å². The first-order valence-corrected chi connectivity index (χ1v) is 4.43. The Labute approximate surface area is 87.1 Å². The van der Waals surface area contributed by atoms with Crippen LogP contribution in [0.1, 0.15) is 10.4 Å². The molecule has 4 heteroatoms. The van der Waals surface area contributed by atoms with Gasteiger partial charge in [-0.05, 0) is 12.1 Å². The lowest BCUT2D eigenvalue weighted by atomic mass is 10.2. The molecule has 0 aliphatic rings. The molecule has 0 saturated carbocycles. The Morgan fingerprint density at radius 2 is 1.92 bits per heavy atom. The summed E-state index contributed by atoms with van der Waals surface area (Å²) < 4.78 is 0. The van der Waals surface area contributed by atoms with E-state index in [-0.39, 0.29) is 0 Å². The van der Waals surface area contributed by atoms with Gasteiger partial charge in [0.2, 0.25) is 0 Å². The number of benzene rings is 1. The van der Waals surface area contributed by atoms with Crippen LogP contribution in [0.4, 0.5) is 5.69 Å². The van der Waals surface area contributed by atoms with Crippen LogP contribution in [0.2, 0.25) is 10.0 Å². The van der Waals surface area contributed by atoms with E-state index in [0.29, 0.717) is 15.6 Å². The molecule has 1 aromatic rings. The van der Waals surface area contributed by atoms with E-state index in [0.717, 1.165) is 12.0 Å². The molecule has 0 aliphatic heterocycles. The predicted molar refractivity (Wildman–Crippen MR) is 56.2 cm³/mol. The minimum atomic E-state index is 0.381. The van der Waals surface area contributed by atoms with Gasteiger partial charge < -0.3 is 4.90 Å². The molecule has 0 aromatic heterocycles. The van der Waals surface area contributed by atoms with Gasteiger partial charge in [-0.15, -0.1) is 0 Å². The Hall–Kier alpha value is -0.730. The third-order valence-electron chi connectivity index (χ3n) is 1.67. The number of carbonyl (C=O) groups excluding carboxylic acids is 1. The van der Waals surface area contributed by atoms with Gasteiger partial charge in [0.05, 0.1) is 10.6 Å². The summed E-state index contributed by atoms with van der Waals surface area (Å²) in [6.45, 7) is 0. The first kappa shape index (κ1) is 10.4. The summed E-state index contributed by atoms with van der Waals surface area (Å²) in [5, 5.41) is 0.908. The summed E-state index contributed by atoms with van der Waals surface area (Å²) in [5.74, 6) is 0. The third kappa shape index (κ3) is 2.14. The molecule has 1 aromatic carbocycles. The van der Waals surface area contributed by atoms with Crippen molar-refractivity contribution >= 4 is 35.2 Å². The number of halogens is 2. The Bertz CT molecular complexity index is 337. The van der Waals surface area contributed by atoms with Crippen molar-refractivity contribution in [2.45, 2.75) is 0 Å². The van der Waals surface area contributed by atoms with Gasteiger partial charge in [0, 0.05) is 24.8 Å². The lowest BCUT2D eigenvalue weighted by Crippen LogP contribution is -2.11. The molecule has 0 amide bonds. The highest BCUT2D eigenvalue weighted by Crippen LogP contribution is 2.29. The van der Waals surface area contributed by atoms with Gasteiger partial charge in [-0.2, -0.15) is 0 Å². The lowest BCUT2D eigenvalue weighted by Gasteiger charge is -2.15.